The first-order valence-electron chi connectivity index (χ1n) is 2.71. The summed E-state index contributed by atoms with van der Waals surface area (Å²) in [6.07, 6.45) is -3.63. The van der Waals surface area contributed by atoms with E-state index in [1.165, 1.54) is 0 Å². The third-order valence-corrected chi connectivity index (χ3v) is 1.18. The molecule has 0 aliphatic heterocycles. The number of alkyl halides is 2. The van der Waals surface area contributed by atoms with E-state index in [0.717, 1.165) is 0 Å². The molecule has 0 radical (unpaired) electrons. The van der Waals surface area contributed by atoms with Crippen LogP contribution in [-0.2, 0) is 9.09 Å². The van der Waals surface area contributed by atoms with E-state index in [-0.39, 0.29) is 13.0 Å². The van der Waals surface area contributed by atoms with Crippen LogP contribution in [0.3, 0.4) is 0 Å². The Morgan fingerprint density at radius 3 is 2.60 bits per heavy atom. The van der Waals surface area contributed by atoms with Gasteiger partial charge in [0.05, 0.1) is 0 Å². The lowest BCUT2D eigenvalue weighted by Crippen LogP contribution is -2.17. The van der Waals surface area contributed by atoms with E-state index < -0.39 is 21.2 Å². The topological polar surface area (TPSA) is 52.3 Å². The van der Waals surface area contributed by atoms with Gasteiger partial charge in [-0.2, -0.15) is 8.78 Å². The van der Waals surface area contributed by atoms with Crippen LogP contribution in [0.1, 0.15) is 12.8 Å². The highest BCUT2D eigenvalue weighted by Gasteiger charge is 2.29. The van der Waals surface area contributed by atoms with E-state index in [4.69, 9.17) is 5.73 Å². The van der Waals surface area contributed by atoms with E-state index in [1.54, 1.807) is 0 Å². The van der Waals surface area contributed by atoms with Crippen molar-refractivity contribution in [2.24, 2.45) is 5.73 Å². The number of nitrogens with two attached hydrogens (primary N) is 1. The molecular formula is C4H8F2NO2P. The summed E-state index contributed by atoms with van der Waals surface area (Å²) in [5, 5.41) is 0. The molecule has 6 heteroatoms. The van der Waals surface area contributed by atoms with Crippen molar-refractivity contribution in [3.63, 3.8) is 0 Å². The van der Waals surface area contributed by atoms with Crippen molar-refractivity contribution in [3.8, 4) is 0 Å². The SMILES string of the molecule is NCCCC(F)(F)OP=O. The predicted octanol–water partition coefficient (Wildman–Crippen LogP) is 1.54. The van der Waals surface area contributed by atoms with Crippen LogP contribution in [0, 0.1) is 0 Å². The Balaban J connectivity index is 3.51. The average Bonchev–Trinajstić information content (AvgIpc) is 1.84. The Kier molecular flexibility index (Phi) is 4.60. The van der Waals surface area contributed by atoms with Crippen molar-refractivity contribution in [2.75, 3.05) is 6.54 Å². The molecule has 0 rings (SSSR count). The summed E-state index contributed by atoms with van der Waals surface area (Å²) >= 11 is 0. The zero-order valence-corrected chi connectivity index (χ0v) is 6.11. The number of hydrogen-bond acceptors (Lipinski definition) is 3. The van der Waals surface area contributed by atoms with Crippen molar-refractivity contribution < 1.29 is 17.9 Å². The highest BCUT2D eigenvalue weighted by Crippen LogP contribution is 2.25. The van der Waals surface area contributed by atoms with Crippen LogP contribution in [0.25, 0.3) is 0 Å². The number of rotatable bonds is 5. The summed E-state index contributed by atoms with van der Waals surface area (Å²) in [6, 6.07) is 0. The highest BCUT2D eigenvalue weighted by atomic mass is 31.1. The second-order valence-corrected chi connectivity index (χ2v) is 2.03. The van der Waals surface area contributed by atoms with Crippen molar-refractivity contribution in [3.05, 3.63) is 0 Å². The van der Waals surface area contributed by atoms with E-state index in [0.29, 0.717) is 0 Å². The molecule has 2 N–H and O–H groups in total. The van der Waals surface area contributed by atoms with Gasteiger partial charge in [-0.25, -0.2) is 9.09 Å². The molecular weight excluding hydrogens is 163 g/mol. The third kappa shape index (κ3) is 4.73. The Hall–Kier alpha value is -0.120. The molecule has 0 aromatic heterocycles. The summed E-state index contributed by atoms with van der Waals surface area (Å²) in [4.78, 5) is 0. The average molecular weight is 171 g/mol. The number of halogens is 2. The van der Waals surface area contributed by atoms with Crippen LogP contribution in [0.15, 0.2) is 0 Å². The molecule has 0 atom stereocenters. The zero-order chi connectivity index (χ0) is 8.04. The maximum absolute atomic E-state index is 12.1. The minimum atomic E-state index is -3.30. The molecule has 0 aliphatic carbocycles. The predicted molar refractivity (Wildman–Crippen MR) is 31.9 cm³/mol. The molecule has 0 heterocycles. The van der Waals surface area contributed by atoms with E-state index in [1.807, 2.05) is 0 Å². The molecule has 0 aromatic rings. The largest absolute Gasteiger partial charge is 0.365 e. The van der Waals surface area contributed by atoms with Crippen LogP contribution < -0.4 is 5.73 Å². The minimum Gasteiger partial charge on any atom is -0.330 e. The summed E-state index contributed by atoms with van der Waals surface area (Å²) in [7, 11) is -1.00. The van der Waals surface area contributed by atoms with Gasteiger partial charge in [-0.3, -0.25) is 0 Å². The number of hydrogen-bond donors (Lipinski definition) is 1. The molecule has 0 saturated heterocycles. The second-order valence-electron chi connectivity index (χ2n) is 1.70. The van der Waals surface area contributed by atoms with Gasteiger partial charge in [-0.1, -0.05) is 0 Å². The first kappa shape index (κ1) is 9.88. The highest BCUT2D eigenvalue weighted by molar-refractivity contribution is 7.17. The van der Waals surface area contributed by atoms with Gasteiger partial charge in [0.1, 0.15) is 0 Å². The molecule has 0 fully saturated rings. The molecule has 10 heavy (non-hydrogen) atoms. The fourth-order valence-corrected chi connectivity index (χ4v) is 0.608. The fourth-order valence-electron chi connectivity index (χ4n) is 0.408. The Morgan fingerprint density at radius 1 is 1.60 bits per heavy atom. The van der Waals surface area contributed by atoms with Crippen LogP contribution in [0.2, 0.25) is 0 Å². The minimum absolute atomic E-state index is 0.155. The van der Waals surface area contributed by atoms with E-state index >= 15 is 0 Å². The van der Waals surface area contributed by atoms with Crippen molar-refractivity contribution in [1.29, 1.82) is 0 Å². The van der Waals surface area contributed by atoms with Gasteiger partial charge < -0.3 is 5.73 Å². The summed E-state index contributed by atoms with van der Waals surface area (Å²) in [6.45, 7) is 0.175. The smallest absolute Gasteiger partial charge is 0.330 e. The molecule has 0 unspecified atom stereocenters. The van der Waals surface area contributed by atoms with Crippen LogP contribution in [0.4, 0.5) is 8.78 Å². The maximum atomic E-state index is 12.1. The Morgan fingerprint density at radius 2 is 2.20 bits per heavy atom. The Labute approximate surface area is 58.8 Å². The van der Waals surface area contributed by atoms with Gasteiger partial charge in [-0.05, 0) is 13.0 Å². The lowest BCUT2D eigenvalue weighted by molar-refractivity contribution is -0.174. The van der Waals surface area contributed by atoms with Gasteiger partial charge in [0.25, 0.3) is 0 Å². The van der Waals surface area contributed by atoms with E-state index in [9.17, 15) is 13.3 Å². The maximum Gasteiger partial charge on any atom is 0.365 e. The van der Waals surface area contributed by atoms with Crippen molar-refractivity contribution in [2.45, 2.75) is 19.0 Å². The molecule has 0 aromatic carbocycles. The molecule has 0 amide bonds. The van der Waals surface area contributed by atoms with Gasteiger partial charge in [0, 0.05) is 6.42 Å². The van der Waals surface area contributed by atoms with Gasteiger partial charge in [0.2, 0.25) is 0 Å². The zero-order valence-electron chi connectivity index (χ0n) is 5.22. The fraction of sp³-hybridized carbons (Fsp3) is 1.00. The quantitative estimate of drug-likeness (QED) is 0.638. The van der Waals surface area contributed by atoms with Gasteiger partial charge >= 0.3 is 14.8 Å². The standard InChI is InChI=1S/C4H8F2NO2P/c5-4(6,9-10-8)2-1-3-7/h1-3,7H2. The van der Waals surface area contributed by atoms with Crippen LogP contribution >= 0.6 is 8.69 Å². The second kappa shape index (κ2) is 4.66. The first-order valence-corrected chi connectivity index (χ1v) is 3.44. The normalized spacial score (nSPS) is 12.3. The molecule has 0 spiro atoms. The molecule has 0 aliphatic rings. The monoisotopic (exact) mass is 171 g/mol. The molecule has 0 saturated carbocycles. The van der Waals surface area contributed by atoms with Gasteiger partial charge in [0.15, 0.2) is 0 Å². The lowest BCUT2D eigenvalue weighted by atomic mass is 10.3. The Bertz CT molecular complexity index is 111. The molecule has 0 bridgehead atoms. The van der Waals surface area contributed by atoms with Gasteiger partial charge in [-0.15, -0.1) is 0 Å². The lowest BCUT2D eigenvalue weighted by Gasteiger charge is -2.09. The van der Waals surface area contributed by atoms with Crippen LogP contribution in [-0.4, -0.2) is 12.7 Å². The summed E-state index contributed by atoms with van der Waals surface area (Å²) in [5.74, 6) is 0. The van der Waals surface area contributed by atoms with Crippen LogP contribution in [0.5, 0.6) is 0 Å². The summed E-state index contributed by atoms with van der Waals surface area (Å²) < 4.78 is 37.4. The molecule has 3 nitrogen and oxygen atoms in total. The molecule has 60 valence electrons. The van der Waals surface area contributed by atoms with Crippen molar-refractivity contribution in [1.82, 2.24) is 0 Å². The first-order chi connectivity index (χ1) is 4.62. The van der Waals surface area contributed by atoms with Crippen molar-refractivity contribution >= 4 is 8.69 Å². The van der Waals surface area contributed by atoms with E-state index in [2.05, 4.69) is 4.52 Å². The summed E-state index contributed by atoms with van der Waals surface area (Å²) in [5.41, 5.74) is 4.96. The third-order valence-electron chi connectivity index (χ3n) is 0.843.